The average molecular weight is 900 g/mol. The topological polar surface area (TPSA) is 51.8 Å². The van der Waals surface area contributed by atoms with Crippen molar-refractivity contribution in [2.24, 2.45) is 5.41 Å². The number of aromatic nitrogens is 3. The molecular weight excluding hydrogens is 843 g/mol. The van der Waals surface area contributed by atoms with Gasteiger partial charge in [-0.2, -0.15) is 0 Å². The smallest absolute Gasteiger partial charge is 0.216 e. The summed E-state index contributed by atoms with van der Waals surface area (Å²) < 4.78 is 73.1. The number of hydrogen-bond donors (Lipinski definition) is 0. The molecule has 1 aliphatic carbocycles. The van der Waals surface area contributed by atoms with Gasteiger partial charge in [0.15, 0.2) is 0 Å². The van der Waals surface area contributed by atoms with Gasteiger partial charge < -0.3 is 14.4 Å². The van der Waals surface area contributed by atoms with Gasteiger partial charge in [-0.05, 0) is 65.3 Å². The van der Waals surface area contributed by atoms with E-state index in [1.165, 1.54) is 6.42 Å². The minimum atomic E-state index is -1.70. The van der Waals surface area contributed by atoms with Crippen molar-refractivity contribution in [1.29, 1.82) is 0 Å². The maximum Gasteiger partial charge on any atom is 0.216 e. The van der Waals surface area contributed by atoms with Crippen LogP contribution in [0, 0.1) is 17.5 Å². The van der Waals surface area contributed by atoms with Crippen LogP contribution in [0.2, 0.25) is 19.6 Å². The van der Waals surface area contributed by atoms with Gasteiger partial charge in [-0.1, -0.05) is 124 Å². The van der Waals surface area contributed by atoms with Crippen molar-refractivity contribution >= 4 is 35.3 Å². The van der Waals surface area contributed by atoms with Gasteiger partial charge in [0.05, 0.1) is 26.2 Å². The molecule has 0 N–H and O–H groups in total. The Morgan fingerprint density at radius 1 is 0.868 bits per heavy atom. The molecule has 53 heavy (non-hydrogen) atoms. The number of fused-ring (bicyclic) bond motifs is 3. The van der Waals surface area contributed by atoms with E-state index in [-0.39, 0.29) is 43.4 Å². The summed E-state index contributed by atoms with van der Waals surface area (Å²) in [6, 6.07) is 25.2. The van der Waals surface area contributed by atoms with Crippen LogP contribution < -0.4 is 5.19 Å². The van der Waals surface area contributed by atoms with Crippen LogP contribution in [0.4, 0.5) is 0 Å². The molecule has 6 heteroatoms. The first-order valence-electron chi connectivity index (χ1n) is 22.0. The second kappa shape index (κ2) is 16.4. The average Bonchev–Trinajstić information content (AvgIpc) is 3.60. The first kappa shape index (κ1) is 29.2. The van der Waals surface area contributed by atoms with Gasteiger partial charge in [0.1, 0.15) is 0 Å². The van der Waals surface area contributed by atoms with Crippen LogP contribution in [-0.4, -0.2) is 23.0 Å². The second-order valence-corrected chi connectivity index (χ2v) is 20.4. The van der Waals surface area contributed by atoms with E-state index < -0.39 is 43.9 Å². The van der Waals surface area contributed by atoms with Gasteiger partial charge in [0.2, 0.25) is 5.71 Å². The van der Waals surface area contributed by atoms with Crippen LogP contribution in [0.3, 0.4) is 0 Å². The van der Waals surface area contributed by atoms with Gasteiger partial charge in [0.25, 0.3) is 0 Å². The molecule has 0 amide bonds. The molecule has 4 aromatic heterocycles. The Kier molecular flexibility index (Phi) is 9.04. The SMILES string of the molecule is [2H]C([2H])(c1cc(-c2[c-]cccc2)ncc1[Si](C)(C)C)C(C)(C)C.[2H]c1c([2H])c([2H])c(-c2ccc3c(n2)oc2c(-c4cc(C5([2H])CCCCC5)ccn4)[c-]ccc23)c([2H])c1[2H].[Ir]. The van der Waals surface area contributed by atoms with Crippen LogP contribution in [0.1, 0.15) is 80.9 Å². The molecule has 0 spiro atoms. The summed E-state index contributed by atoms with van der Waals surface area (Å²) in [6.45, 7) is 12.6. The summed E-state index contributed by atoms with van der Waals surface area (Å²) in [5.74, 6) is -0.613. The standard InChI is InChI=1S/C28H23N2O.C19H26NSi.Ir/c1-3-8-19(9-4-1)21-16-17-29-26(18-21)24-13-7-12-22-23-14-15-25(20-10-5-2-6-11-20)30-28(23)31-27(22)24;1-19(2,3)13-16-12-17(15-10-8-7-9-11-15)20-14-18(16)21(4,5)6;/h2,5-7,10-12,14-19H,1,3-4,8-9H2;7-10,12,14H,13H2,1-6H3;/q2*-1;/i2D,5D,6D,10D,11D,19D;13D2;. The third kappa shape index (κ3) is 9.12. The van der Waals surface area contributed by atoms with Crippen molar-refractivity contribution in [3.63, 3.8) is 0 Å². The minimum Gasteiger partial charge on any atom is -0.486 e. The molecule has 273 valence electrons. The quantitative estimate of drug-likeness (QED) is 0.123. The second-order valence-electron chi connectivity index (χ2n) is 15.4. The van der Waals surface area contributed by atoms with Gasteiger partial charge in [0, 0.05) is 47.6 Å². The number of hydrogen-bond acceptors (Lipinski definition) is 4. The maximum atomic E-state index is 9.01. The van der Waals surface area contributed by atoms with Crippen LogP contribution >= 0.6 is 0 Å². The zero-order valence-corrected chi connectivity index (χ0v) is 34.5. The molecule has 4 nitrogen and oxygen atoms in total. The van der Waals surface area contributed by atoms with E-state index in [4.69, 9.17) is 15.4 Å². The maximum absolute atomic E-state index is 9.01. The zero-order chi connectivity index (χ0) is 43.4. The Morgan fingerprint density at radius 2 is 1.66 bits per heavy atom. The summed E-state index contributed by atoms with van der Waals surface area (Å²) in [5, 5.41) is 2.65. The van der Waals surface area contributed by atoms with Crippen molar-refractivity contribution < 1.29 is 35.5 Å². The zero-order valence-electron chi connectivity index (χ0n) is 39.1. The van der Waals surface area contributed by atoms with Crippen LogP contribution in [0.25, 0.3) is 55.8 Å². The third-order valence-electron chi connectivity index (χ3n) is 9.14. The fourth-order valence-electron chi connectivity index (χ4n) is 6.64. The summed E-state index contributed by atoms with van der Waals surface area (Å²) in [7, 11) is -1.70. The van der Waals surface area contributed by atoms with Crippen LogP contribution in [0.15, 0.2) is 114 Å². The Labute approximate surface area is 341 Å². The monoisotopic (exact) mass is 900 g/mol. The van der Waals surface area contributed by atoms with Gasteiger partial charge in [-0.3, -0.25) is 0 Å². The van der Waals surface area contributed by atoms with E-state index in [1.807, 2.05) is 81.6 Å². The van der Waals surface area contributed by atoms with E-state index in [0.717, 1.165) is 64.0 Å². The van der Waals surface area contributed by atoms with E-state index >= 15 is 0 Å². The fourth-order valence-corrected chi connectivity index (χ4v) is 8.04. The summed E-state index contributed by atoms with van der Waals surface area (Å²) >= 11 is 0. The molecule has 0 atom stereocenters. The number of furan rings is 1. The van der Waals surface area contributed by atoms with E-state index in [0.29, 0.717) is 22.6 Å². The van der Waals surface area contributed by atoms with E-state index in [9.17, 15) is 0 Å². The summed E-state index contributed by atoms with van der Waals surface area (Å²) in [5.41, 5.74) is 5.39. The van der Waals surface area contributed by atoms with Crippen molar-refractivity contribution in [2.75, 3.05) is 0 Å². The van der Waals surface area contributed by atoms with E-state index in [2.05, 4.69) is 46.7 Å². The number of benzene rings is 3. The van der Waals surface area contributed by atoms with Crippen molar-refractivity contribution in [2.45, 2.75) is 84.8 Å². The molecule has 7 aromatic rings. The Hall–Kier alpha value is -4.22. The number of rotatable bonds is 6. The molecule has 4 heterocycles. The molecule has 1 fully saturated rings. The number of nitrogens with zero attached hydrogens (tertiary/aromatic N) is 3. The molecule has 0 bridgehead atoms. The van der Waals surface area contributed by atoms with Gasteiger partial charge >= 0.3 is 0 Å². The summed E-state index contributed by atoms with van der Waals surface area (Å²) in [6.07, 6.45) is 7.14. The normalized spacial score (nSPS) is 16.7. The minimum absolute atomic E-state index is 0. The molecule has 0 saturated heterocycles. The Balaban J connectivity index is 0.000000225. The van der Waals surface area contributed by atoms with E-state index in [1.54, 1.807) is 18.3 Å². The van der Waals surface area contributed by atoms with Gasteiger partial charge in [-0.15, -0.1) is 54.1 Å². The molecule has 1 saturated carbocycles. The van der Waals surface area contributed by atoms with Crippen LogP contribution in [-0.2, 0) is 26.5 Å². The number of pyridine rings is 3. The fraction of sp³-hybridized carbons (Fsp3) is 0.298. The third-order valence-corrected chi connectivity index (χ3v) is 11.2. The van der Waals surface area contributed by atoms with Gasteiger partial charge in [-0.25, -0.2) is 4.98 Å². The van der Waals surface area contributed by atoms with Crippen molar-refractivity contribution in [3.8, 4) is 33.8 Å². The Bertz CT molecular complexity index is 2700. The molecule has 8 rings (SSSR count). The Morgan fingerprint density at radius 3 is 2.38 bits per heavy atom. The molecular formula is C47H49IrN3OSi-2. The summed E-state index contributed by atoms with van der Waals surface area (Å²) in [4.78, 5) is 13.7. The van der Waals surface area contributed by atoms with Crippen molar-refractivity contribution in [3.05, 3.63) is 133 Å². The molecule has 0 aliphatic heterocycles. The predicted molar refractivity (Wildman–Crippen MR) is 219 cm³/mol. The van der Waals surface area contributed by atoms with Crippen molar-refractivity contribution in [1.82, 2.24) is 15.0 Å². The molecule has 0 unspecified atom stereocenters. The first-order valence-corrected chi connectivity index (χ1v) is 21.5. The van der Waals surface area contributed by atoms with Crippen LogP contribution in [0.5, 0.6) is 0 Å². The molecule has 3 aromatic carbocycles. The largest absolute Gasteiger partial charge is 0.486 e. The molecule has 1 aliphatic rings. The first-order chi connectivity index (χ1) is 28.2. The molecule has 1 radical (unpaired) electrons. The predicted octanol–water partition coefficient (Wildman–Crippen LogP) is 12.2.